The summed E-state index contributed by atoms with van der Waals surface area (Å²) >= 11 is 0. The lowest BCUT2D eigenvalue weighted by Gasteiger charge is -2.44. The molecule has 11 heteroatoms. The first-order valence-corrected chi connectivity index (χ1v) is 20.6. The third kappa shape index (κ3) is 11.5. The Morgan fingerprint density at radius 3 is 2.04 bits per heavy atom. The lowest BCUT2D eigenvalue weighted by molar-refractivity contribution is -0.167. The number of cyclic esters (lactones) is 1. The molecular weight excluding hydrogens is 701 g/mol. The predicted octanol–water partition coefficient (Wildman–Crippen LogP) is 4.92. The molecule has 0 bridgehead atoms. The zero-order valence-electron chi connectivity index (χ0n) is 32.6. The summed E-state index contributed by atoms with van der Waals surface area (Å²) in [4.78, 5) is 53.3. The Bertz CT molecular complexity index is 1670. The van der Waals surface area contributed by atoms with E-state index in [1.807, 2.05) is 69.3 Å². The number of carbonyl (C=O) groups excluding carboxylic acids is 4. The van der Waals surface area contributed by atoms with Gasteiger partial charge in [0.2, 0.25) is 11.8 Å². The minimum atomic E-state index is -2.91. The van der Waals surface area contributed by atoms with Gasteiger partial charge in [-0.05, 0) is 51.5 Å². The van der Waals surface area contributed by atoms with E-state index in [9.17, 15) is 19.2 Å². The van der Waals surface area contributed by atoms with E-state index in [4.69, 9.17) is 18.6 Å². The van der Waals surface area contributed by atoms with Gasteiger partial charge in [0.05, 0.1) is 13.7 Å². The van der Waals surface area contributed by atoms with Gasteiger partial charge in [-0.15, -0.1) is 0 Å². The number of amides is 2. The average molecular weight is 757 g/mol. The van der Waals surface area contributed by atoms with Gasteiger partial charge >= 0.3 is 5.97 Å². The molecule has 4 rings (SSSR count). The molecule has 0 radical (unpaired) electrons. The molecule has 1 aliphatic heterocycles. The number of esters is 1. The van der Waals surface area contributed by atoms with Gasteiger partial charge in [-0.1, -0.05) is 120 Å². The third-order valence-electron chi connectivity index (χ3n) is 9.60. The van der Waals surface area contributed by atoms with Crippen LogP contribution in [0.15, 0.2) is 97.1 Å². The van der Waals surface area contributed by atoms with Crippen LogP contribution in [0.3, 0.4) is 0 Å². The SMILES string of the molecule is COc1ccc(CC2NC(=O)/C=C/CC([C@H](C)CO[Si](c3ccccc3)(c3ccccc3)C(C)(C)C)OC(=O)[C@H](CC(C)C)OCC(=O)CNC2=O)cc1. The second-order valence-electron chi connectivity index (χ2n) is 15.4. The van der Waals surface area contributed by atoms with Crippen LogP contribution in [0.1, 0.15) is 59.9 Å². The van der Waals surface area contributed by atoms with Crippen molar-refractivity contribution in [2.45, 2.75) is 84.1 Å². The van der Waals surface area contributed by atoms with Crippen LogP contribution in [0.4, 0.5) is 0 Å². The molecule has 3 aromatic carbocycles. The summed E-state index contributed by atoms with van der Waals surface area (Å²) in [5.74, 6) is -1.60. The van der Waals surface area contributed by atoms with E-state index in [-0.39, 0.29) is 49.5 Å². The van der Waals surface area contributed by atoms with Crippen LogP contribution in [-0.2, 0) is 39.5 Å². The number of methoxy groups -OCH3 is 1. The molecule has 0 saturated carbocycles. The second-order valence-corrected chi connectivity index (χ2v) is 19.7. The van der Waals surface area contributed by atoms with E-state index in [1.165, 1.54) is 6.08 Å². The molecule has 3 aromatic rings. The lowest BCUT2D eigenvalue weighted by atomic mass is 10.0. The summed E-state index contributed by atoms with van der Waals surface area (Å²) in [6.45, 7) is 12.0. The molecule has 2 amide bonds. The average Bonchev–Trinajstić information content (AvgIpc) is 3.15. The molecule has 2 N–H and O–H groups in total. The minimum Gasteiger partial charge on any atom is -0.497 e. The fourth-order valence-electron chi connectivity index (χ4n) is 6.70. The number of carbonyl (C=O) groups is 4. The predicted molar refractivity (Wildman–Crippen MR) is 212 cm³/mol. The van der Waals surface area contributed by atoms with Gasteiger partial charge in [-0.25, -0.2) is 4.79 Å². The second kappa shape index (κ2) is 19.7. The monoisotopic (exact) mass is 756 g/mol. The number of hydrogen-bond acceptors (Lipinski definition) is 8. The number of ether oxygens (including phenoxy) is 3. The van der Waals surface area contributed by atoms with Crippen LogP contribution < -0.4 is 25.7 Å². The summed E-state index contributed by atoms with van der Waals surface area (Å²) in [5.41, 5.74) is 0.794. The van der Waals surface area contributed by atoms with E-state index in [0.29, 0.717) is 12.2 Å². The van der Waals surface area contributed by atoms with Crippen molar-refractivity contribution in [2.24, 2.45) is 11.8 Å². The maximum atomic E-state index is 13.8. The van der Waals surface area contributed by atoms with Crippen molar-refractivity contribution >= 4 is 42.3 Å². The Kier molecular flexibility index (Phi) is 15.3. The molecule has 0 fully saturated rings. The molecule has 0 aliphatic carbocycles. The van der Waals surface area contributed by atoms with E-state index in [2.05, 4.69) is 55.7 Å². The molecule has 1 heterocycles. The van der Waals surface area contributed by atoms with Crippen LogP contribution in [0.2, 0.25) is 5.04 Å². The van der Waals surface area contributed by atoms with Crippen molar-refractivity contribution in [3.05, 3.63) is 103 Å². The highest BCUT2D eigenvalue weighted by molar-refractivity contribution is 6.99. The molecule has 290 valence electrons. The summed E-state index contributed by atoms with van der Waals surface area (Å²) < 4.78 is 24.5. The number of nitrogens with one attached hydrogen (secondary N) is 2. The maximum absolute atomic E-state index is 13.8. The van der Waals surface area contributed by atoms with Crippen molar-refractivity contribution in [2.75, 3.05) is 26.9 Å². The number of ketones is 1. The van der Waals surface area contributed by atoms with Gasteiger partial charge in [0.1, 0.15) is 24.5 Å². The van der Waals surface area contributed by atoms with Crippen molar-refractivity contribution < 1.29 is 37.8 Å². The highest BCUT2D eigenvalue weighted by Gasteiger charge is 2.50. The van der Waals surface area contributed by atoms with Crippen molar-refractivity contribution in [3.8, 4) is 5.75 Å². The molecule has 2 unspecified atom stereocenters. The van der Waals surface area contributed by atoms with Crippen LogP contribution in [0.25, 0.3) is 0 Å². The molecule has 0 saturated heterocycles. The molecule has 1 aliphatic rings. The smallest absolute Gasteiger partial charge is 0.335 e. The molecular formula is C43H56N2O8Si. The Hall–Kier alpha value is -4.58. The quantitative estimate of drug-likeness (QED) is 0.209. The molecule has 10 nitrogen and oxygen atoms in total. The fraction of sp³-hybridized carbons (Fsp3) is 0.442. The van der Waals surface area contributed by atoms with Crippen LogP contribution in [0, 0.1) is 11.8 Å². The standard InChI is InChI=1S/C43H56N2O8Si/c1-30(2)25-39-42(49)53-38(31(3)28-52-54(43(4,5)6,35-15-10-8-11-16-35)36-17-12-9-13-18-36)19-14-20-40(47)45-37(41(48)44-27-33(46)29-51-39)26-32-21-23-34(50-7)24-22-32/h8-18,20-24,30-31,37-39H,19,25-29H2,1-7H3,(H,44,48)(H,45,47)/b20-14+/t31-,37?,38?,39+/m1/s1. The number of benzene rings is 3. The van der Waals surface area contributed by atoms with E-state index in [1.54, 1.807) is 25.3 Å². The first-order valence-electron chi connectivity index (χ1n) is 18.7. The van der Waals surface area contributed by atoms with E-state index in [0.717, 1.165) is 15.9 Å². The fourth-order valence-corrected chi connectivity index (χ4v) is 11.4. The minimum absolute atomic E-state index is 0.0691. The van der Waals surface area contributed by atoms with Crippen LogP contribution in [-0.4, -0.2) is 77.0 Å². The van der Waals surface area contributed by atoms with Gasteiger partial charge in [0.15, 0.2) is 11.9 Å². The van der Waals surface area contributed by atoms with Gasteiger partial charge in [0.25, 0.3) is 8.32 Å². The van der Waals surface area contributed by atoms with Crippen molar-refractivity contribution in [1.82, 2.24) is 10.6 Å². The normalized spacial score (nSPS) is 20.8. The number of Topliss-reactive ketones (excluding diaryl/α,β-unsaturated/α-hetero) is 1. The van der Waals surface area contributed by atoms with Gasteiger partial charge in [-0.2, -0.15) is 0 Å². The van der Waals surface area contributed by atoms with Gasteiger partial charge in [-0.3, -0.25) is 14.4 Å². The largest absolute Gasteiger partial charge is 0.497 e. The van der Waals surface area contributed by atoms with E-state index < -0.39 is 50.1 Å². The van der Waals surface area contributed by atoms with Crippen LogP contribution >= 0.6 is 0 Å². The van der Waals surface area contributed by atoms with Crippen LogP contribution in [0.5, 0.6) is 5.75 Å². The first kappa shape index (κ1) is 42.2. The Morgan fingerprint density at radius 1 is 0.870 bits per heavy atom. The number of rotatable bonds is 11. The summed E-state index contributed by atoms with van der Waals surface area (Å²) in [6.07, 6.45) is 2.04. The molecule has 4 atom stereocenters. The molecule has 0 aromatic heterocycles. The summed E-state index contributed by atoms with van der Waals surface area (Å²) in [7, 11) is -1.34. The first-order chi connectivity index (χ1) is 25.7. The van der Waals surface area contributed by atoms with Gasteiger partial charge < -0.3 is 29.3 Å². The summed E-state index contributed by atoms with van der Waals surface area (Å²) in [6, 6.07) is 26.8. The molecule has 54 heavy (non-hydrogen) atoms. The Morgan fingerprint density at radius 2 is 1.48 bits per heavy atom. The van der Waals surface area contributed by atoms with Gasteiger partial charge in [0, 0.05) is 25.4 Å². The summed E-state index contributed by atoms with van der Waals surface area (Å²) in [5, 5.41) is 7.40. The zero-order chi connectivity index (χ0) is 39.3. The lowest BCUT2D eigenvalue weighted by Crippen LogP contribution is -2.67. The highest BCUT2D eigenvalue weighted by Crippen LogP contribution is 2.37. The van der Waals surface area contributed by atoms with Crippen molar-refractivity contribution in [3.63, 3.8) is 0 Å². The highest BCUT2D eigenvalue weighted by atomic mass is 28.4. The zero-order valence-corrected chi connectivity index (χ0v) is 33.6. The molecule has 0 spiro atoms. The number of hydrogen-bond donors (Lipinski definition) is 2. The topological polar surface area (TPSA) is 129 Å². The third-order valence-corrected chi connectivity index (χ3v) is 14.6. The van der Waals surface area contributed by atoms with Crippen molar-refractivity contribution in [1.29, 1.82) is 0 Å². The van der Waals surface area contributed by atoms with E-state index >= 15 is 0 Å². The maximum Gasteiger partial charge on any atom is 0.335 e. The Labute approximate surface area is 321 Å². The Balaban J connectivity index is 1.64.